The maximum Gasteiger partial charge on any atom is 0.0695 e. The monoisotopic (exact) mass is 197 g/mol. The molecule has 2 saturated carbocycles. The van der Waals surface area contributed by atoms with E-state index in [1.807, 2.05) is 0 Å². The highest BCUT2D eigenvalue weighted by Crippen LogP contribution is 2.31. The largest absolute Gasteiger partial charge is 0.392 e. The van der Waals surface area contributed by atoms with Crippen molar-refractivity contribution < 1.29 is 5.11 Å². The zero-order valence-electron chi connectivity index (χ0n) is 9.28. The van der Waals surface area contributed by atoms with Crippen LogP contribution in [0.3, 0.4) is 0 Å². The van der Waals surface area contributed by atoms with Crippen LogP contribution in [0, 0.1) is 5.92 Å². The molecular weight excluding hydrogens is 174 g/mol. The number of aliphatic hydroxyl groups excluding tert-OH is 1. The average molecular weight is 197 g/mol. The minimum Gasteiger partial charge on any atom is -0.392 e. The molecule has 0 saturated heterocycles. The quantitative estimate of drug-likeness (QED) is 0.729. The Morgan fingerprint density at radius 2 is 1.86 bits per heavy atom. The minimum atomic E-state index is -0.0574. The molecule has 2 aliphatic rings. The van der Waals surface area contributed by atoms with Gasteiger partial charge in [-0.05, 0) is 38.1 Å². The summed E-state index contributed by atoms with van der Waals surface area (Å²) in [6.07, 6.45) is 7.82. The van der Waals surface area contributed by atoms with E-state index in [1.54, 1.807) is 0 Å². The van der Waals surface area contributed by atoms with E-state index in [1.165, 1.54) is 38.5 Å². The van der Waals surface area contributed by atoms with Crippen LogP contribution < -0.4 is 0 Å². The van der Waals surface area contributed by atoms with Crippen LogP contribution in [0.4, 0.5) is 0 Å². The molecular formula is C12H23NO. The molecule has 2 nitrogen and oxygen atoms in total. The number of rotatable bonds is 5. The third-order valence-electron chi connectivity index (χ3n) is 3.84. The van der Waals surface area contributed by atoms with Gasteiger partial charge in [-0.3, -0.25) is 4.90 Å². The molecule has 1 N–H and O–H groups in total. The molecule has 0 aliphatic heterocycles. The Morgan fingerprint density at radius 1 is 1.21 bits per heavy atom. The van der Waals surface area contributed by atoms with Crippen LogP contribution in [0.25, 0.3) is 0 Å². The van der Waals surface area contributed by atoms with Crippen LogP contribution in [-0.2, 0) is 0 Å². The summed E-state index contributed by atoms with van der Waals surface area (Å²) in [6.45, 7) is 4.24. The van der Waals surface area contributed by atoms with Crippen molar-refractivity contribution in [2.24, 2.45) is 5.92 Å². The second-order valence-corrected chi connectivity index (χ2v) is 4.93. The summed E-state index contributed by atoms with van der Waals surface area (Å²) in [5.41, 5.74) is 0. The number of hydrogen-bond donors (Lipinski definition) is 1. The second-order valence-electron chi connectivity index (χ2n) is 4.93. The summed E-state index contributed by atoms with van der Waals surface area (Å²) in [4.78, 5) is 2.46. The standard InChI is InChI=1S/C12H23NO/c1-2-13(11-7-8-11)9-12(14)10-5-3-4-6-10/h10-12,14H,2-9H2,1H3. The molecule has 2 rings (SSSR count). The Bertz CT molecular complexity index is 173. The van der Waals surface area contributed by atoms with Gasteiger partial charge in [0.2, 0.25) is 0 Å². The third-order valence-corrected chi connectivity index (χ3v) is 3.84. The Balaban J connectivity index is 1.76. The molecule has 0 amide bonds. The normalized spacial score (nSPS) is 25.9. The van der Waals surface area contributed by atoms with Crippen molar-refractivity contribution in [3.05, 3.63) is 0 Å². The van der Waals surface area contributed by atoms with Crippen LogP contribution in [0.5, 0.6) is 0 Å². The number of nitrogens with zero attached hydrogens (tertiary/aromatic N) is 1. The Labute approximate surface area is 87.3 Å². The lowest BCUT2D eigenvalue weighted by Crippen LogP contribution is -2.37. The SMILES string of the molecule is CCN(CC(O)C1CCCC1)C1CC1. The van der Waals surface area contributed by atoms with E-state index >= 15 is 0 Å². The zero-order valence-corrected chi connectivity index (χ0v) is 9.28. The van der Waals surface area contributed by atoms with Crippen LogP contribution >= 0.6 is 0 Å². The maximum absolute atomic E-state index is 10.1. The smallest absolute Gasteiger partial charge is 0.0695 e. The first-order chi connectivity index (χ1) is 6.81. The molecule has 14 heavy (non-hydrogen) atoms. The van der Waals surface area contributed by atoms with Crippen molar-refractivity contribution in [3.8, 4) is 0 Å². The van der Waals surface area contributed by atoms with E-state index in [2.05, 4.69) is 11.8 Å². The van der Waals surface area contributed by atoms with Gasteiger partial charge in [-0.25, -0.2) is 0 Å². The fraction of sp³-hybridized carbons (Fsp3) is 1.00. The first-order valence-corrected chi connectivity index (χ1v) is 6.23. The second kappa shape index (κ2) is 4.63. The van der Waals surface area contributed by atoms with E-state index in [4.69, 9.17) is 0 Å². The highest BCUT2D eigenvalue weighted by Gasteiger charge is 2.31. The summed E-state index contributed by atoms with van der Waals surface area (Å²) in [7, 11) is 0. The minimum absolute atomic E-state index is 0.0574. The Morgan fingerprint density at radius 3 is 2.36 bits per heavy atom. The average Bonchev–Trinajstić information content (AvgIpc) is 2.88. The van der Waals surface area contributed by atoms with Crippen LogP contribution in [-0.4, -0.2) is 35.2 Å². The zero-order chi connectivity index (χ0) is 9.97. The molecule has 0 bridgehead atoms. The van der Waals surface area contributed by atoms with Gasteiger partial charge in [0.1, 0.15) is 0 Å². The summed E-state index contributed by atoms with van der Waals surface area (Å²) >= 11 is 0. The fourth-order valence-electron chi connectivity index (χ4n) is 2.71. The molecule has 2 fully saturated rings. The van der Waals surface area contributed by atoms with Crippen molar-refractivity contribution in [2.75, 3.05) is 13.1 Å². The van der Waals surface area contributed by atoms with Crippen molar-refractivity contribution >= 4 is 0 Å². The Hall–Kier alpha value is -0.0800. The van der Waals surface area contributed by atoms with Gasteiger partial charge in [-0.15, -0.1) is 0 Å². The summed E-state index contributed by atoms with van der Waals surface area (Å²) in [5.74, 6) is 0.600. The van der Waals surface area contributed by atoms with E-state index < -0.39 is 0 Å². The topological polar surface area (TPSA) is 23.5 Å². The highest BCUT2D eigenvalue weighted by atomic mass is 16.3. The Kier molecular flexibility index (Phi) is 3.45. The van der Waals surface area contributed by atoms with Gasteiger partial charge in [-0.2, -0.15) is 0 Å². The van der Waals surface area contributed by atoms with Crippen molar-refractivity contribution in [2.45, 2.75) is 57.6 Å². The van der Waals surface area contributed by atoms with Crippen LogP contribution in [0.2, 0.25) is 0 Å². The fourth-order valence-corrected chi connectivity index (χ4v) is 2.71. The van der Waals surface area contributed by atoms with Crippen molar-refractivity contribution in [1.29, 1.82) is 0 Å². The predicted octanol–water partition coefficient (Wildman–Crippen LogP) is 2.02. The molecule has 1 atom stereocenters. The first kappa shape index (κ1) is 10.4. The summed E-state index contributed by atoms with van der Waals surface area (Å²) in [5, 5.41) is 10.1. The van der Waals surface area contributed by atoms with Crippen LogP contribution in [0.1, 0.15) is 45.4 Å². The number of likely N-dealkylation sites (N-methyl/N-ethyl adjacent to an activating group) is 1. The van der Waals surface area contributed by atoms with E-state index in [0.29, 0.717) is 5.92 Å². The molecule has 1 unspecified atom stereocenters. The molecule has 2 aliphatic carbocycles. The molecule has 2 heteroatoms. The van der Waals surface area contributed by atoms with E-state index in [0.717, 1.165) is 19.1 Å². The molecule has 0 aromatic carbocycles. The van der Waals surface area contributed by atoms with E-state index in [-0.39, 0.29) is 6.10 Å². The van der Waals surface area contributed by atoms with Crippen molar-refractivity contribution in [1.82, 2.24) is 4.90 Å². The maximum atomic E-state index is 10.1. The van der Waals surface area contributed by atoms with Gasteiger partial charge in [0.25, 0.3) is 0 Å². The molecule has 0 radical (unpaired) electrons. The predicted molar refractivity (Wildman–Crippen MR) is 58.2 cm³/mol. The number of hydrogen-bond acceptors (Lipinski definition) is 2. The molecule has 0 spiro atoms. The summed E-state index contributed by atoms with van der Waals surface area (Å²) in [6, 6.07) is 0.802. The lowest BCUT2D eigenvalue weighted by molar-refractivity contribution is 0.0646. The lowest BCUT2D eigenvalue weighted by Gasteiger charge is -2.26. The molecule has 0 heterocycles. The molecule has 82 valence electrons. The summed E-state index contributed by atoms with van der Waals surface area (Å²) < 4.78 is 0. The van der Waals surface area contributed by atoms with Gasteiger partial charge in [0.15, 0.2) is 0 Å². The van der Waals surface area contributed by atoms with Gasteiger partial charge in [0.05, 0.1) is 6.10 Å². The number of aliphatic hydroxyl groups is 1. The van der Waals surface area contributed by atoms with E-state index in [9.17, 15) is 5.11 Å². The van der Waals surface area contributed by atoms with Gasteiger partial charge >= 0.3 is 0 Å². The van der Waals surface area contributed by atoms with Gasteiger partial charge < -0.3 is 5.11 Å². The molecule has 0 aromatic rings. The first-order valence-electron chi connectivity index (χ1n) is 6.23. The van der Waals surface area contributed by atoms with Crippen molar-refractivity contribution in [3.63, 3.8) is 0 Å². The highest BCUT2D eigenvalue weighted by molar-refractivity contribution is 4.86. The van der Waals surface area contributed by atoms with Gasteiger partial charge in [0, 0.05) is 12.6 Å². The van der Waals surface area contributed by atoms with Gasteiger partial charge in [-0.1, -0.05) is 19.8 Å². The lowest BCUT2D eigenvalue weighted by atomic mass is 10.0. The van der Waals surface area contributed by atoms with Crippen LogP contribution in [0.15, 0.2) is 0 Å². The molecule has 0 aromatic heterocycles. The third kappa shape index (κ3) is 2.48.